The Hall–Kier alpha value is -2.43. The van der Waals surface area contributed by atoms with Crippen LogP contribution < -0.4 is 11.1 Å². The van der Waals surface area contributed by atoms with Crippen LogP contribution in [-0.2, 0) is 6.54 Å². The summed E-state index contributed by atoms with van der Waals surface area (Å²) < 4.78 is 0. The van der Waals surface area contributed by atoms with Crippen LogP contribution in [0, 0.1) is 0 Å². The number of anilines is 1. The number of carbonyl (C=O) groups excluding carboxylic acids is 1. The number of nitrogens with two attached hydrogens (primary N) is 1. The topological polar surface area (TPSA) is 80.9 Å². The van der Waals surface area contributed by atoms with Gasteiger partial charge in [-0.1, -0.05) is 6.07 Å². The molecule has 0 atom stereocenters. The molecule has 0 aliphatic carbocycles. The van der Waals surface area contributed by atoms with Crippen LogP contribution in [0.1, 0.15) is 16.1 Å². The van der Waals surface area contributed by atoms with Crippen molar-refractivity contribution in [3.8, 4) is 0 Å². The summed E-state index contributed by atoms with van der Waals surface area (Å²) in [5, 5.41) is 2.75. The number of nitrogens with zero attached hydrogens (tertiary/aromatic N) is 2. The molecule has 86 valence electrons. The Morgan fingerprint density at radius 1 is 1.29 bits per heavy atom. The largest absolute Gasteiger partial charge is 0.397 e. The highest BCUT2D eigenvalue weighted by atomic mass is 16.1. The lowest BCUT2D eigenvalue weighted by molar-refractivity contribution is 0.0946. The lowest BCUT2D eigenvalue weighted by Gasteiger charge is -2.04. The van der Waals surface area contributed by atoms with E-state index in [0.29, 0.717) is 17.9 Å². The number of nitrogens with one attached hydrogen (secondary N) is 1. The third-order valence-electron chi connectivity index (χ3n) is 2.19. The second kappa shape index (κ2) is 5.07. The van der Waals surface area contributed by atoms with E-state index in [-0.39, 0.29) is 5.91 Å². The van der Waals surface area contributed by atoms with E-state index in [4.69, 9.17) is 5.73 Å². The number of rotatable bonds is 3. The van der Waals surface area contributed by atoms with Gasteiger partial charge in [0.05, 0.1) is 11.9 Å². The summed E-state index contributed by atoms with van der Waals surface area (Å²) in [7, 11) is 0. The zero-order valence-corrected chi connectivity index (χ0v) is 9.13. The van der Waals surface area contributed by atoms with Gasteiger partial charge in [-0.05, 0) is 23.8 Å². The van der Waals surface area contributed by atoms with Crippen LogP contribution in [0.15, 0.2) is 42.9 Å². The number of hydrogen-bond acceptors (Lipinski definition) is 4. The third kappa shape index (κ3) is 3.01. The molecule has 0 saturated carbocycles. The fourth-order valence-corrected chi connectivity index (χ4v) is 1.32. The molecule has 0 spiro atoms. The molecule has 2 rings (SSSR count). The molecule has 2 heterocycles. The molecule has 0 unspecified atom stereocenters. The van der Waals surface area contributed by atoms with Crippen molar-refractivity contribution >= 4 is 11.6 Å². The smallest absolute Gasteiger partial charge is 0.270 e. The summed E-state index contributed by atoms with van der Waals surface area (Å²) in [5.74, 6) is -0.228. The molecule has 5 heteroatoms. The number of amides is 1. The van der Waals surface area contributed by atoms with Crippen molar-refractivity contribution < 1.29 is 4.79 Å². The van der Waals surface area contributed by atoms with Gasteiger partial charge in [-0.15, -0.1) is 0 Å². The number of pyridine rings is 2. The molecule has 0 aliphatic heterocycles. The van der Waals surface area contributed by atoms with Gasteiger partial charge in [0.15, 0.2) is 0 Å². The van der Waals surface area contributed by atoms with Crippen LogP contribution >= 0.6 is 0 Å². The summed E-state index contributed by atoms with van der Waals surface area (Å²) in [6.07, 6.45) is 4.85. The lowest BCUT2D eigenvalue weighted by Crippen LogP contribution is -2.23. The van der Waals surface area contributed by atoms with Crippen molar-refractivity contribution in [3.05, 3.63) is 54.1 Å². The van der Waals surface area contributed by atoms with Gasteiger partial charge < -0.3 is 11.1 Å². The number of carbonyl (C=O) groups is 1. The average molecular weight is 228 g/mol. The highest BCUT2D eigenvalue weighted by Crippen LogP contribution is 2.01. The minimum atomic E-state index is -0.228. The molecule has 1 amide bonds. The van der Waals surface area contributed by atoms with Crippen LogP contribution in [0.2, 0.25) is 0 Å². The molecule has 0 aliphatic rings. The fraction of sp³-hybridized carbons (Fsp3) is 0.0833. The highest BCUT2D eigenvalue weighted by molar-refractivity contribution is 5.92. The molecule has 0 aromatic carbocycles. The summed E-state index contributed by atoms with van der Waals surface area (Å²) in [4.78, 5) is 19.6. The minimum absolute atomic E-state index is 0.228. The van der Waals surface area contributed by atoms with Crippen molar-refractivity contribution in [2.24, 2.45) is 0 Å². The maximum Gasteiger partial charge on any atom is 0.270 e. The first-order chi connectivity index (χ1) is 8.25. The Morgan fingerprint density at radius 2 is 2.18 bits per heavy atom. The van der Waals surface area contributed by atoms with Crippen molar-refractivity contribution in [3.63, 3.8) is 0 Å². The maximum absolute atomic E-state index is 11.7. The summed E-state index contributed by atoms with van der Waals surface area (Å²) in [5.41, 5.74) is 7.32. The number of nitrogen functional groups attached to an aromatic ring is 1. The Bertz CT molecular complexity index is 496. The van der Waals surface area contributed by atoms with Gasteiger partial charge in [0.25, 0.3) is 5.91 Å². The Morgan fingerprint density at radius 3 is 2.82 bits per heavy atom. The lowest BCUT2D eigenvalue weighted by atomic mass is 10.2. The molecule has 2 aromatic heterocycles. The third-order valence-corrected chi connectivity index (χ3v) is 2.19. The van der Waals surface area contributed by atoms with Crippen LogP contribution in [0.5, 0.6) is 0 Å². The van der Waals surface area contributed by atoms with E-state index in [1.165, 1.54) is 6.20 Å². The van der Waals surface area contributed by atoms with Gasteiger partial charge in [-0.25, -0.2) is 4.98 Å². The summed E-state index contributed by atoms with van der Waals surface area (Å²) in [6, 6.07) is 6.95. The predicted octanol–water partition coefficient (Wildman–Crippen LogP) is 0.989. The van der Waals surface area contributed by atoms with Gasteiger partial charge in [-0.3, -0.25) is 9.78 Å². The van der Waals surface area contributed by atoms with Crippen LogP contribution in [0.4, 0.5) is 5.69 Å². The fourth-order valence-electron chi connectivity index (χ4n) is 1.32. The Labute approximate surface area is 98.7 Å². The Balaban J connectivity index is 1.96. The number of aromatic nitrogens is 2. The molecule has 0 saturated heterocycles. The SMILES string of the molecule is Nc1ccc(C(=O)NCc2cccnc2)nc1. The van der Waals surface area contributed by atoms with E-state index >= 15 is 0 Å². The van der Waals surface area contributed by atoms with E-state index in [0.717, 1.165) is 5.56 Å². The molecule has 2 aromatic rings. The van der Waals surface area contributed by atoms with E-state index in [1.807, 2.05) is 12.1 Å². The molecule has 3 N–H and O–H groups in total. The monoisotopic (exact) mass is 228 g/mol. The van der Waals surface area contributed by atoms with Gasteiger partial charge in [0, 0.05) is 18.9 Å². The summed E-state index contributed by atoms with van der Waals surface area (Å²) in [6.45, 7) is 0.429. The molecule has 5 nitrogen and oxygen atoms in total. The maximum atomic E-state index is 11.7. The van der Waals surface area contributed by atoms with Crippen molar-refractivity contribution in [2.75, 3.05) is 5.73 Å². The average Bonchev–Trinajstić information content (AvgIpc) is 2.38. The van der Waals surface area contributed by atoms with Gasteiger partial charge in [0.2, 0.25) is 0 Å². The van der Waals surface area contributed by atoms with Gasteiger partial charge >= 0.3 is 0 Å². The molecular weight excluding hydrogens is 216 g/mol. The van der Waals surface area contributed by atoms with Crippen LogP contribution in [-0.4, -0.2) is 15.9 Å². The first kappa shape index (κ1) is 11.1. The molecular formula is C12H12N4O. The second-order valence-electron chi connectivity index (χ2n) is 3.52. The van der Waals surface area contributed by atoms with Crippen LogP contribution in [0.3, 0.4) is 0 Å². The van der Waals surface area contributed by atoms with E-state index in [1.54, 1.807) is 24.5 Å². The van der Waals surface area contributed by atoms with Crippen molar-refractivity contribution in [2.45, 2.75) is 6.54 Å². The first-order valence-electron chi connectivity index (χ1n) is 5.14. The predicted molar refractivity (Wildman–Crippen MR) is 64.1 cm³/mol. The quantitative estimate of drug-likeness (QED) is 0.820. The molecule has 0 radical (unpaired) electrons. The normalized spacial score (nSPS) is 9.88. The number of hydrogen-bond donors (Lipinski definition) is 2. The van der Waals surface area contributed by atoms with Gasteiger partial charge in [-0.2, -0.15) is 0 Å². The zero-order valence-electron chi connectivity index (χ0n) is 9.13. The van der Waals surface area contributed by atoms with Crippen LogP contribution in [0.25, 0.3) is 0 Å². The van der Waals surface area contributed by atoms with E-state index in [2.05, 4.69) is 15.3 Å². The highest BCUT2D eigenvalue weighted by Gasteiger charge is 2.05. The van der Waals surface area contributed by atoms with E-state index in [9.17, 15) is 4.79 Å². The zero-order chi connectivity index (χ0) is 12.1. The van der Waals surface area contributed by atoms with E-state index < -0.39 is 0 Å². The van der Waals surface area contributed by atoms with Crippen molar-refractivity contribution in [1.29, 1.82) is 0 Å². The molecule has 0 fully saturated rings. The first-order valence-corrected chi connectivity index (χ1v) is 5.14. The molecule has 17 heavy (non-hydrogen) atoms. The standard InChI is InChI=1S/C12H12N4O/c13-10-3-4-11(15-8-10)12(17)16-7-9-2-1-5-14-6-9/h1-6,8H,7,13H2,(H,16,17). The van der Waals surface area contributed by atoms with Crippen molar-refractivity contribution in [1.82, 2.24) is 15.3 Å². The molecule has 0 bridgehead atoms. The minimum Gasteiger partial charge on any atom is -0.397 e. The second-order valence-corrected chi connectivity index (χ2v) is 3.52. The summed E-state index contributed by atoms with van der Waals surface area (Å²) >= 11 is 0. The van der Waals surface area contributed by atoms with Gasteiger partial charge in [0.1, 0.15) is 5.69 Å². The Kier molecular flexibility index (Phi) is 3.30.